The molecule has 0 saturated carbocycles. The third-order valence-electron chi connectivity index (χ3n) is 2.60. The first-order valence-corrected chi connectivity index (χ1v) is 9.89. The van der Waals surface area contributed by atoms with Crippen molar-refractivity contribution in [2.75, 3.05) is 21.3 Å². The normalized spacial score (nSPS) is 11.2. The van der Waals surface area contributed by atoms with Crippen LogP contribution in [-0.4, -0.2) is 26.2 Å². The lowest BCUT2D eigenvalue weighted by molar-refractivity contribution is 0.178. The molecule has 0 unspecified atom stereocenters. The summed E-state index contributed by atoms with van der Waals surface area (Å²) < 4.78 is 45.1. The molecule has 138 valence electrons. The van der Waals surface area contributed by atoms with Gasteiger partial charge in [0, 0.05) is 21.3 Å². The highest BCUT2D eigenvalue weighted by Crippen LogP contribution is 2.46. The fraction of sp³-hybridized carbons (Fsp3) is 0.200. The first kappa shape index (κ1) is 21.4. The molecule has 0 amide bonds. The first-order valence-electron chi connectivity index (χ1n) is 6.93. The molecule has 2 rings (SSSR count). The maximum Gasteiger partial charge on any atom is 0.584 e. The van der Waals surface area contributed by atoms with Crippen molar-refractivity contribution in [3.05, 3.63) is 60.7 Å². The summed E-state index contributed by atoms with van der Waals surface area (Å²) >= 11 is 0. The van der Waals surface area contributed by atoms with Crippen molar-refractivity contribution in [1.29, 1.82) is 0 Å². The van der Waals surface area contributed by atoms with Crippen LogP contribution in [0.5, 0.6) is 11.5 Å². The first-order chi connectivity index (χ1) is 11.8. The zero-order valence-corrected chi connectivity index (χ0v) is 15.8. The lowest BCUT2D eigenvalue weighted by Crippen LogP contribution is -1.99. The molecule has 0 radical (unpaired) electrons. The van der Waals surface area contributed by atoms with Crippen LogP contribution in [0.4, 0.5) is 0 Å². The van der Waals surface area contributed by atoms with Crippen LogP contribution < -0.4 is 9.05 Å². The molecule has 0 aromatic heterocycles. The number of rotatable bonds is 7. The van der Waals surface area contributed by atoms with Crippen molar-refractivity contribution in [3.63, 3.8) is 0 Å². The van der Waals surface area contributed by atoms with E-state index >= 15 is 0 Å². The largest absolute Gasteiger partial charge is 0.584 e. The average molecular weight is 390 g/mol. The zero-order chi connectivity index (χ0) is 18.8. The number of benzene rings is 2. The van der Waals surface area contributed by atoms with Crippen LogP contribution in [0, 0.1) is 0 Å². The Labute approximate surface area is 146 Å². The van der Waals surface area contributed by atoms with Gasteiger partial charge in [-0.1, -0.05) is 36.4 Å². The maximum absolute atomic E-state index is 11.7. The van der Waals surface area contributed by atoms with Gasteiger partial charge in [0.1, 0.15) is 11.5 Å². The van der Waals surface area contributed by atoms with Crippen molar-refractivity contribution >= 4 is 15.6 Å². The van der Waals surface area contributed by atoms with Crippen molar-refractivity contribution in [3.8, 4) is 11.5 Å². The predicted molar refractivity (Wildman–Crippen MR) is 92.6 cm³/mol. The summed E-state index contributed by atoms with van der Waals surface area (Å²) in [6, 6.07) is 16.7. The summed E-state index contributed by atoms with van der Waals surface area (Å²) in [5.74, 6) is 0.573. The van der Waals surface area contributed by atoms with Gasteiger partial charge in [0.05, 0.1) is 0 Å². The van der Waals surface area contributed by atoms with E-state index in [1.807, 2.05) is 0 Å². The molecule has 0 fully saturated rings. The number of hydrogen-bond acceptors (Lipinski definition) is 7. The van der Waals surface area contributed by atoms with Crippen molar-refractivity contribution in [2.45, 2.75) is 0 Å². The van der Waals surface area contributed by atoms with Crippen LogP contribution in [0.2, 0.25) is 0 Å². The molecule has 2 aromatic rings. The summed E-state index contributed by atoms with van der Waals surface area (Å²) in [5.41, 5.74) is 0. The van der Waals surface area contributed by atoms with Crippen molar-refractivity contribution < 1.29 is 36.6 Å². The fourth-order valence-corrected chi connectivity index (χ4v) is 2.73. The van der Waals surface area contributed by atoms with Gasteiger partial charge in [0.2, 0.25) is 0 Å². The standard InChI is InChI=1S/C12H11O4P.C3H9O4P/c13-17(14,15-11-7-3-1-4-8-11)16-12-9-5-2-6-10-12;1-5-8(4,6-2)7-3/h1-10H,(H,13,14);1-3H3. The van der Waals surface area contributed by atoms with Gasteiger partial charge in [-0.05, 0) is 24.3 Å². The highest BCUT2D eigenvalue weighted by molar-refractivity contribution is 7.48. The van der Waals surface area contributed by atoms with E-state index in [4.69, 9.17) is 9.05 Å². The average Bonchev–Trinajstić information content (AvgIpc) is 2.62. The van der Waals surface area contributed by atoms with E-state index in [1.165, 1.54) is 21.3 Å². The van der Waals surface area contributed by atoms with Gasteiger partial charge in [-0.25, -0.2) is 9.13 Å². The van der Waals surface area contributed by atoms with Crippen LogP contribution >= 0.6 is 15.6 Å². The van der Waals surface area contributed by atoms with E-state index in [9.17, 15) is 14.0 Å². The summed E-state index contributed by atoms with van der Waals surface area (Å²) in [7, 11) is -3.53. The van der Waals surface area contributed by atoms with Crippen LogP contribution in [0.25, 0.3) is 0 Å². The Morgan fingerprint density at radius 3 is 1.24 bits per heavy atom. The molecule has 0 aliphatic heterocycles. The molecule has 0 aliphatic rings. The number of phosphoric ester groups is 2. The topological polar surface area (TPSA) is 101 Å². The van der Waals surface area contributed by atoms with E-state index in [-0.39, 0.29) is 11.5 Å². The van der Waals surface area contributed by atoms with Crippen LogP contribution in [-0.2, 0) is 22.7 Å². The molecule has 2 aromatic carbocycles. The van der Waals surface area contributed by atoms with E-state index in [2.05, 4.69) is 13.6 Å². The summed E-state index contributed by atoms with van der Waals surface area (Å²) in [5, 5.41) is 0. The number of hydrogen-bond donors (Lipinski definition) is 1. The number of phosphoric acid groups is 2. The molecule has 0 spiro atoms. The summed E-state index contributed by atoms with van der Waals surface area (Å²) in [6.07, 6.45) is 0. The molecule has 8 nitrogen and oxygen atoms in total. The molecule has 0 aliphatic carbocycles. The lowest BCUT2D eigenvalue weighted by atomic mass is 10.3. The molecule has 0 saturated heterocycles. The van der Waals surface area contributed by atoms with Gasteiger partial charge in [-0.2, -0.15) is 0 Å². The zero-order valence-electron chi connectivity index (χ0n) is 14.0. The fourth-order valence-electron chi connectivity index (χ4n) is 1.47. The Bertz CT molecular complexity index is 643. The van der Waals surface area contributed by atoms with Crippen LogP contribution in [0.15, 0.2) is 60.7 Å². The molecule has 25 heavy (non-hydrogen) atoms. The van der Waals surface area contributed by atoms with Crippen LogP contribution in [0.1, 0.15) is 0 Å². The Morgan fingerprint density at radius 2 is 1.00 bits per heavy atom. The van der Waals surface area contributed by atoms with Gasteiger partial charge >= 0.3 is 15.6 Å². The van der Waals surface area contributed by atoms with Gasteiger partial charge in [-0.3, -0.25) is 18.5 Å². The molecule has 0 bridgehead atoms. The lowest BCUT2D eigenvalue weighted by Gasteiger charge is -2.13. The smallest absolute Gasteiger partial charge is 0.395 e. The van der Waals surface area contributed by atoms with Crippen molar-refractivity contribution in [1.82, 2.24) is 0 Å². The Balaban J connectivity index is 0.000000333. The van der Waals surface area contributed by atoms with E-state index in [0.29, 0.717) is 0 Å². The van der Waals surface area contributed by atoms with Gasteiger partial charge < -0.3 is 9.05 Å². The van der Waals surface area contributed by atoms with E-state index < -0.39 is 15.6 Å². The highest BCUT2D eigenvalue weighted by Gasteiger charge is 2.24. The Kier molecular flexibility index (Phi) is 8.86. The van der Waals surface area contributed by atoms with Gasteiger partial charge in [0.25, 0.3) is 0 Å². The SMILES string of the molecule is COP(=O)(OC)OC.O=P(O)(Oc1ccccc1)Oc1ccccc1. The molecule has 0 atom stereocenters. The molecule has 1 N–H and O–H groups in total. The van der Waals surface area contributed by atoms with Gasteiger partial charge in [0.15, 0.2) is 0 Å². The van der Waals surface area contributed by atoms with Gasteiger partial charge in [-0.15, -0.1) is 0 Å². The summed E-state index contributed by atoms with van der Waals surface area (Å²) in [4.78, 5) is 9.53. The highest BCUT2D eigenvalue weighted by atomic mass is 31.2. The second-order valence-electron chi connectivity index (χ2n) is 4.27. The third kappa shape index (κ3) is 8.31. The van der Waals surface area contributed by atoms with Crippen molar-refractivity contribution in [2.24, 2.45) is 0 Å². The minimum absolute atomic E-state index is 0.286. The molecular formula is C15H20O8P2. The maximum atomic E-state index is 11.7. The van der Waals surface area contributed by atoms with E-state index in [0.717, 1.165) is 0 Å². The summed E-state index contributed by atoms with van der Waals surface area (Å²) in [6.45, 7) is 0. The molecular weight excluding hydrogens is 370 g/mol. The Morgan fingerprint density at radius 1 is 0.680 bits per heavy atom. The Hall–Kier alpha value is -1.66. The molecule has 0 heterocycles. The second-order valence-corrected chi connectivity index (χ2v) is 7.56. The minimum Gasteiger partial charge on any atom is -0.395 e. The van der Waals surface area contributed by atoms with Crippen LogP contribution in [0.3, 0.4) is 0 Å². The second kappa shape index (κ2) is 10.4. The quantitative estimate of drug-likeness (QED) is 0.700. The monoisotopic (exact) mass is 390 g/mol. The third-order valence-corrected chi connectivity index (χ3v) is 4.82. The minimum atomic E-state index is -4.14. The van der Waals surface area contributed by atoms with E-state index in [1.54, 1.807) is 60.7 Å². The molecule has 10 heteroatoms. The number of para-hydroxylation sites is 2. The predicted octanol–water partition coefficient (Wildman–Crippen LogP) is 4.28.